The number of aliphatic carboxylic acids is 1. The number of amides is 2. The summed E-state index contributed by atoms with van der Waals surface area (Å²) in [6.07, 6.45) is 4.83. The molecule has 1 saturated carbocycles. The molecule has 0 atom stereocenters. The van der Waals surface area contributed by atoms with Crippen molar-refractivity contribution in [3.8, 4) is 0 Å². The Labute approximate surface area is 135 Å². The van der Waals surface area contributed by atoms with E-state index in [9.17, 15) is 9.59 Å². The summed E-state index contributed by atoms with van der Waals surface area (Å²) in [4.78, 5) is 22.7. The maximum absolute atomic E-state index is 12.0. The maximum Gasteiger partial charge on any atom is 0.320 e. The molecular weight excluding hydrogens is 298 g/mol. The number of nitrogens with one attached hydrogen (secondary N) is 2. The van der Waals surface area contributed by atoms with Crippen LogP contribution in [0.4, 0.5) is 10.6 Å². The number of anilines is 1. The third kappa shape index (κ3) is 4.71. The molecule has 1 aliphatic carbocycles. The molecule has 1 aromatic rings. The molecule has 7 nitrogen and oxygen atoms in total. The van der Waals surface area contributed by atoms with Gasteiger partial charge < -0.3 is 14.9 Å². The molecule has 23 heavy (non-hydrogen) atoms. The van der Waals surface area contributed by atoms with Crippen molar-refractivity contribution >= 4 is 17.8 Å². The van der Waals surface area contributed by atoms with Crippen LogP contribution in [0.5, 0.6) is 0 Å². The van der Waals surface area contributed by atoms with Crippen molar-refractivity contribution in [2.45, 2.75) is 70.3 Å². The molecule has 0 radical (unpaired) electrons. The Morgan fingerprint density at radius 2 is 2.04 bits per heavy atom. The molecule has 2 amide bonds. The summed E-state index contributed by atoms with van der Waals surface area (Å²) in [5.41, 5.74) is -0.614. The SMILES string of the molecule is CC(C)(CCC(=O)O)NC(=O)Nc1cc(C2(C)CCCC2)on1. The highest BCUT2D eigenvalue weighted by Gasteiger charge is 2.34. The molecule has 0 bridgehead atoms. The Balaban J connectivity index is 1.90. The number of rotatable bonds is 6. The van der Waals surface area contributed by atoms with E-state index in [1.165, 1.54) is 12.8 Å². The Hall–Kier alpha value is -2.05. The topological polar surface area (TPSA) is 104 Å². The molecule has 0 aromatic carbocycles. The smallest absolute Gasteiger partial charge is 0.320 e. The van der Waals surface area contributed by atoms with E-state index < -0.39 is 17.5 Å². The van der Waals surface area contributed by atoms with Crippen LogP contribution in [0.25, 0.3) is 0 Å². The van der Waals surface area contributed by atoms with Gasteiger partial charge in [-0.05, 0) is 33.1 Å². The van der Waals surface area contributed by atoms with Crippen molar-refractivity contribution in [3.05, 3.63) is 11.8 Å². The van der Waals surface area contributed by atoms with E-state index in [2.05, 4.69) is 22.7 Å². The van der Waals surface area contributed by atoms with Crippen molar-refractivity contribution in [1.29, 1.82) is 0 Å². The number of hydrogen-bond donors (Lipinski definition) is 3. The molecule has 0 saturated heterocycles. The van der Waals surface area contributed by atoms with Gasteiger partial charge in [-0.3, -0.25) is 10.1 Å². The number of carbonyl (C=O) groups excluding carboxylic acids is 1. The number of urea groups is 1. The lowest BCUT2D eigenvalue weighted by molar-refractivity contribution is -0.137. The molecule has 1 aromatic heterocycles. The van der Waals surface area contributed by atoms with Gasteiger partial charge in [0.25, 0.3) is 0 Å². The highest BCUT2D eigenvalue weighted by atomic mass is 16.5. The minimum absolute atomic E-state index is 0.000255. The minimum atomic E-state index is -0.883. The fourth-order valence-corrected chi connectivity index (χ4v) is 2.96. The molecule has 128 valence electrons. The molecule has 0 aliphatic heterocycles. The van der Waals surface area contributed by atoms with Crippen LogP contribution in [0.1, 0.15) is 65.1 Å². The van der Waals surface area contributed by atoms with Gasteiger partial charge in [0.2, 0.25) is 0 Å². The Bertz CT molecular complexity index is 574. The van der Waals surface area contributed by atoms with Gasteiger partial charge in [-0.25, -0.2) is 4.79 Å². The summed E-state index contributed by atoms with van der Waals surface area (Å²) in [5.74, 6) is 0.293. The molecule has 3 N–H and O–H groups in total. The minimum Gasteiger partial charge on any atom is -0.481 e. The van der Waals surface area contributed by atoms with Crippen LogP contribution < -0.4 is 10.6 Å². The van der Waals surface area contributed by atoms with Crippen molar-refractivity contribution < 1.29 is 19.2 Å². The summed E-state index contributed by atoms with van der Waals surface area (Å²) in [6.45, 7) is 5.71. The van der Waals surface area contributed by atoms with Crippen molar-refractivity contribution in [3.63, 3.8) is 0 Å². The zero-order valence-corrected chi connectivity index (χ0v) is 13.9. The fraction of sp³-hybridized carbons (Fsp3) is 0.688. The molecule has 1 fully saturated rings. The van der Waals surface area contributed by atoms with E-state index in [-0.39, 0.29) is 11.8 Å². The maximum atomic E-state index is 12.0. The lowest BCUT2D eigenvalue weighted by atomic mass is 9.86. The van der Waals surface area contributed by atoms with Gasteiger partial charge in [0.15, 0.2) is 5.82 Å². The second-order valence-corrected chi connectivity index (χ2v) is 7.20. The summed E-state index contributed by atoms with van der Waals surface area (Å²) < 4.78 is 5.39. The average molecular weight is 323 g/mol. The third-order valence-corrected chi connectivity index (χ3v) is 4.47. The number of aromatic nitrogens is 1. The van der Waals surface area contributed by atoms with E-state index >= 15 is 0 Å². The summed E-state index contributed by atoms with van der Waals surface area (Å²) >= 11 is 0. The first kappa shape index (κ1) is 17.3. The van der Waals surface area contributed by atoms with E-state index in [4.69, 9.17) is 9.63 Å². The summed E-state index contributed by atoms with van der Waals surface area (Å²) in [5, 5.41) is 18.0. The molecule has 0 unspecified atom stereocenters. The van der Waals surface area contributed by atoms with E-state index in [0.29, 0.717) is 12.2 Å². The monoisotopic (exact) mass is 323 g/mol. The molecule has 0 spiro atoms. The number of hydrogen-bond acceptors (Lipinski definition) is 4. The van der Waals surface area contributed by atoms with Gasteiger partial charge in [-0.15, -0.1) is 0 Å². The molecular formula is C16H25N3O4. The largest absolute Gasteiger partial charge is 0.481 e. The third-order valence-electron chi connectivity index (χ3n) is 4.47. The van der Waals surface area contributed by atoms with Crippen LogP contribution in [-0.2, 0) is 10.2 Å². The number of nitrogens with zero attached hydrogens (tertiary/aromatic N) is 1. The Kier molecular flexibility index (Phi) is 4.97. The van der Waals surface area contributed by atoms with E-state index in [0.717, 1.165) is 18.6 Å². The normalized spacial score (nSPS) is 17.0. The van der Waals surface area contributed by atoms with Crippen LogP contribution in [0, 0.1) is 0 Å². The van der Waals surface area contributed by atoms with Crippen LogP contribution in [0.15, 0.2) is 10.6 Å². The van der Waals surface area contributed by atoms with Gasteiger partial charge in [0, 0.05) is 23.4 Å². The predicted octanol–water partition coefficient (Wildman–Crippen LogP) is 3.27. The van der Waals surface area contributed by atoms with Crippen LogP contribution in [0.3, 0.4) is 0 Å². The first-order valence-corrected chi connectivity index (χ1v) is 7.98. The van der Waals surface area contributed by atoms with Crippen LogP contribution in [-0.4, -0.2) is 27.8 Å². The first-order chi connectivity index (χ1) is 10.7. The summed E-state index contributed by atoms with van der Waals surface area (Å²) in [7, 11) is 0. The lowest BCUT2D eigenvalue weighted by Crippen LogP contribution is -2.45. The van der Waals surface area contributed by atoms with Crippen LogP contribution >= 0.6 is 0 Å². The zero-order chi connectivity index (χ0) is 17.1. The fourth-order valence-electron chi connectivity index (χ4n) is 2.96. The van der Waals surface area contributed by atoms with E-state index in [1.54, 1.807) is 19.9 Å². The second-order valence-electron chi connectivity index (χ2n) is 7.20. The van der Waals surface area contributed by atoms with Gasteiger partial charge in [0.1, 0.15) is 5.76 Å². The summed E-state index contributed by atoms with van der Waals surface area (Å²) in [6, 6.07) is 1.35. The molecule has 2 rings (SSSR count). The number of carboxylic acids is 1. The Morgan fingerprint density at radius 3 is 2.65 bits per heavy atom. The lowest BCUT2D eigenvalue weighted by Gasteiger charge is -2.25. The average Bonchev–Trinajstić information content (AvgIpc) is 3.06. The number of carbonyl (C=O) groups is 2. The molecule has 7 heteroatoms. The van der Waals surface area contributed by atoms with Gasteiger partial charge >= 0.3 is 12.0 Å². The van der Waals surface area contributed by atoms with Crippen molar-refractivity contribution in [2.75, 3.05) is 5.32 Å². The standard InChI is InChI=1S/C16H25N3O4/c1-15(2,9-6-13(20)21)18-14(22)17-12-10-11(23-19-12)16(3)7-4-5-8-16/h10H,4-9H2,1-3H3,(H,20,21)(H2,17,18,19,22). The number of carboxylic acid groups (broad SMARTS) is 1. The van der Waals surface area contributed by atoms with Gasteiger partial charge in [-0.1, -0.05) is 24.9 Å². The predicted molar refractivity (Wildman–Crippen MR) is 85.4 cm³/mol. The van der Waals surface area contributed by atoms with Crippen LogP contribution in [0.2, 0.25) is 0 Å². The zero-order valence-electron chi connectivity index (χ0n) is 13.9. The second kappa shape index (κ2) is 6.60. The highest BCUT2D eigenvalue weighted by Crippen LogP contribution is 2.41. The van der Waals surface area contributed by atoms with Crippen molar-refractivity contribution in [1.82, 2.24) is 10.5 Å². The van der Waals surface area contributed by atoms with Crippen molar-refractivity contribution in [2.24, 2.45) is 0 Å². The van der Waals surface area contributed by atoms with E-state index in [1.807, 2.05) is 0 Å². The molecule has 1 heterocycles. The highest BCUT2D eigenvalue weighted by molar-refractivity contribution is 5.88. The quantitative estimate of drug-likeness (QED) is 0.745. The Morgan fingerprint density at radius 1 is 1.39 bits per heavy atom. The molecule has 1 aliphatic rings. The first-order valence-electron chi connectivity index (χ1n) is 7.98. The van der Waals surface area contributed by atoms with Gasteiger partial charge in [-0.2, -0.15) is 0 Å². The van der Waals surface area contributed by atoms with Gasteiger partial charge in [0.05, 0.1) is 0 Å².